The van der Waals surface area contributed by atoms with Gasteiger partial charge in [0.1, 0.15) is 22.8 Å². The van der Waals surface area contributed by atoms with Crippen molar-refractivity contribution >= 4 is 45.7 Å². The van der Waals surface area contributed by atoms with Crippen molar-refractivity contribution in [3.05, 3.63) is 67.6 Å². The first-order valence-corrected chi connectivity index (χ1v) is 12.5. The molecular weight excluding hydrogens is 558 g/mol. The number of thiazole rings is 1. The highest BCUT2D eigenvalue weighted by Crippen LogP contribution is 2.26. The summed E-state index contributed by atoms with van der Waals surface area (Å²) in [5.41, 5.74) is 0.482. The second-order valence-electron chi connectivity index (χ2n) is 7.81. The number of benzene rings is 1. The standard InChI is InChI=1S/C23H22FIN4O3S/c1-13-27-20(12-33-13)22(31)29-17-7-5-16(6-8-17)28-21(30)19-9-14(24)11-26-23(19)32-18-4-2-3-15(25)10-18/h2-4,9-12,16-17H,5-8H2,1H3,(H,28,30)(H,29,31). The molecular formula is C23H22FIN4O3S. The van der Waals surface area contributed by atoms with Crippen molar-refractivity contribution < 1.29 is 18.7 Å². The lowest BCUT2D eigenvalue weighted by molar-refractivity contribution is 0.0888. The average Bonchev–Trinajstić information content (AvgIpc) is 3.23. The summed E-state index contributed by atoms with van der Waals surface area (Å²) in [4.78, 5) is 33.4. The van der Waals surface area contributed by atoms with Gasteiger partial charge in [-0.1, -0.05) is 6.07 Å². The van der Waals surface area contributed by atoms with Crippen LogP contribution in [0.2, 0.25) is 0 Å². The molecule has 1 aliphatic carbocycles. The van der Waals surface area contributed by atoms with Crippen LogP contribution in [0.4, 0.5) is 4.39 Å². The monoisotopic (exact) mass is 580 g/mol. The topological polar surface area (TPSA) is 93.2 Å². The zero-order valence-corrected chi connectivity index (χ0v) is 20.8. The molecule has 2 heterocycles. The van der Waals surface area contributed by atoms with Crippen molar-refractivity contribution in [3.8, 4) is 11.6 Å². The molecule has 0 saturated heterocycles. The Morgan fingerprint density at radius 2 is 1.82 bits per heavy atom. The van der Waals surface area contributed by atoms with E-state index in [1.165, 1.54) is 11.3 Å². The van der Waals surface area contributed by atoms with E-state index in [1.54, 1.807) is 17.5 Å². The van der Waals surface area contributed by atoms with Gasteiger partial charge >= 0.3 is 0 Å². The molecule has 1 aliphatic rings. The maximum atomic E-state index is 13.9. The molecule has 7 nitrogen and oxygen atoms in total. The molecule has 2 aromatic heterocycles. The van der Waals surface area contributed by atoms with Gasteiger partial charge in [0, 0.05) is 21.0 Å². The Balaban J connectivity index is 1.35. The largest absolute Gasteiger partial charge is 0.438 e. The van der Waals surface area contributed by atoms with Gasteiger partial charge in [0.2, 0.25) is 5.88 Å². The number of nitrogens with zero attached hydrogens (tertiary/aromatic N) is 2. The number of nitrogens with one attached hydrogen (secondary N) is 2. The van der Waals surface area contributed by atoms with Gasteiger partial charge < -0.3 is 15.4 Å². The summed E-state index contributed by atoms with van der Waals surface area (Å²) in [6.07, 6.45) is 3.88. The molecule has 0 unspecified atom stereocenters. The van der Waals surface area contributed by atoms with E-state index in [1.807, 2.05) is 19.1 Å². The van der Waals surface area contributed by atoms with Gasteiger partial charge in [0.25, 0.3) is 11.8 Å². The van der Waals surface area contributed by atoms with Gasteiger partial charge in [-0.15, -0.1) is 11.3 Å². The van der Waals surface area contributed by atoms with Gasteiger partial charge in [0.05, 0.1) is 11.2 Å². The van der Waals surface area contributed by atoms with E-state index in [0.29, 0.717) is 24.3 Å². The summed E-state index contributed by atoms with van der Waals surface area (Å²) in [6.45, 7) is 1.86. The number of carbonyl (C=O) groups excluding carboxylic acids is 2. The number of aryl methyl sites for hydroxylation is 1. The van der Waals surface area contributed by atoms with E-state index >= 15 is 0 Å². The highest BCUT2D eigenvalue weighted by molar-refractivity contribution is 14.1. The van der Waals surface area contributed by atoms with Crippen molar-refractivity contribution in [2.24, 2.45) is 0 Å². The second kappa shape index (κ2) is 10.6. The SMILES string of the molecule is Cc1nc(C(=O)NC2CCC(NC(=O)c3cc(F)cnc3Oc3cccc(I)c3)CC2)cs1. The summed E-state index contributed by atoms with van der Waals surface area (Å²) in [5, 5.41) is 8.57. The first-order chi connectivity index (χ1) is 15.9. The first kappa shape index (κ1) is 23.6. The number of pyridine rings is 1. The quantitative estimate of drug-likeness (QED) is 0.407. The third-order valence-electron chi connectivity index (χ3n) is 5.32. The molecule has 0 radical (unpaired) electrons. The van der Waals surface area contributed by atoms with Crippen LogP contribution in [-0.2, 0) is 0 Å². The van der Waals surface area contributed by atoms with E-state index in [2.05, 4.69) is 43.2 Å². The summed E-state index contributed by atoms with van der Waals surface area (Å²) in [6, 6.07) is 8.37. The fourth-order valence-electron chi connectivity index (χ4n) is 3.69. The number of halogens is 2. The predicted octanol–water partition coefficient (Wildman–Crippen LogP) is 4.85. The molecule has 2 amide bonds. The molecule has 1 saturated carbocycles. The van der Waals surface area contributed by atoms with Gasteiger partial charge in [-0.25, -0.2) is 14.4 Å². The van der Waals surface area contributed by atoms with Crippen LogP contribution >= 0.6 is 33.9 Å². The number of aromatic nitrogens is 2. The summed E-state index contributed by atoms with van der Waals surface area (Å²) >= 11 is 3.60. The zero-order valence-electron chi connectivity index (χ0n) is 17.8. The molecule has 1 fully saturated rings. The Hall–Kier alpha value is -2.60. The van der Waals surface area contributed by atoms with Crippen molar-refractivity contribution in [2.45, 2.75) is 44.7 Å². The van der Waals surface area contributed by atoms with Crippen LogP contribution in [0.3, 0.4) is 0 Å². The number of carbonyl (C=O) groups is 2. The van der Waals surface area contributed by atoms with Crippen LogP contribution in [0.15, 0.2) is 41.9 Å². The number of rotatable bonds is 6. The predicted molar refractivity (Wildman–Crippen MR) is 131 cm³/mol. The minimum atomic E-state index is -0.612. The number of amides is 2. The lowest BCUT2D eigenvalue weighted by atomic mass is 9.91. The van der Waals surface area contributed by atoms with Gasteiger partial charge in [0.15, 0.2) is 0 Å². The number of hydrogen-bond acceptors (Lipinski definition) is 6. The normalized spacial score (nSPS) is 17.9. The molecule has 4 rings (SSSR count). The smallest absolute Gasteiger partial charge is 0.270 e. The Morgan fingerprint density at radius 1 is 1.12 bits per heavy atom. The Bertz CT molecular complexity index is 1160. The van der Waals surface area contributed by atoms with Crippen LogP contribution in [0.5, 0.6) is 11.6 Å². The molecule has 10 heteroatoms. The molecule has 33 heavy (non-hydrogen) atoms. The van der Waals surface area contributed by atoms with E-state index in [0.717, 1.165) is 33.7 Å². The van der Waals surface area contributed by atoms with E-state index in [4.69, 9.17) is 4.74 Å². The molecule has 3 aromatic rings. The molecule has 0 atom stereocenters. The van der Waals surface area contributed by atoms with E-state index in [-0.39, 0.29) is 29.4 Å². The Kier molecular flexibility index (Phi) is 7.53. The zero-order chi connectivity index (χ0) is 23.4. The van der Waals surface area contributed by atoms with Crippen molar-refractivity contribution in [3.63, 3.8) is 0 Å². The Morgan fingerprint density at radius 3 is 2.45 bits per heavy atom. The van der Waals surface area contributed by atoms with E-state index < -0.39 is 11.7 Å². The lowest BCUT2D eigenvalue weighted by Crippen LogP contribution is -2.44. The third-order valence-corrected chi connectivity index (χ3v) is 6.77. The second-order valence-corrected chi connectivity index (χ2v) is 10.1. The fraction of sp³-hybridized carbons (Fsp3) is 0.304. The van der Waals surface area contributed by atoms with Crippen LogP contribution in [0.1, 0.15) is 51.5 Å². The first-order valence-electron chi connectivity index (χ1n) is 10.5. The van der Waals surface area contributed by atoms with Gasteiger partial charge in [-0.05, 0) is 79.5 Å². The maximum Gasteiger partial charge on any atom is 0.270 e. The fourth-order valence-corrected chi connectivity index (χ4v) is 4.79. The Labute approximate surface area is 208 Å². The van der Waals surface area contributed by atoms with Crippen molar-refractivity contribution in [1.29, 1.82) is 0 Å². The molecule has 0 spiro atoms. The molecule has 2 N–H and O–H groups in total. The van der Waals surface area contributed by atoms with Gasteiger partial charge in [-0.2, -0.15) is 0 Å². The van der Waals surface area contributed by atoms with Crippen LogP contribution < -0.4 is 15.4 Å². The molecule has 172 valence electrons. The van der Waals surface area contributed by atoms with Crippen LogP contribution in [0, 0.1) is 16.3 Å². The average molecular weight is 580 g/mol. The number of ether oxygens (including phenoxy) is 1. The van der Waals surface area contributed by atoms with Crippen molar-refractivity contribution in [2.75, 3.05) is 0 Å². The molecule has 1 aromatic carbocycles. The number of hydrogen-bond donors (Lipinski definition) is 2. The molecule has 0 aliphatic heterocycles. The van der Waals surface area contributed by atoms with Gasteiger partial charge in [-0.3, -0.25) is 9.59 Å². The lowest BCUT2D eigenvalue weighted by Gasteiger charge is -2.29. The minimum absolute atomic E-state index is 0.0305. The highest BCUT2D eigenvalue weighted by atomic mass is 127. The third kappa shape index (κ3) is 6.26. The van der Waals surface area contributed by atoms with Crippen LogP contribution in [0.25, 0.3) is 0 Å². The van der Waals surface area contributed by atoms with Crippen molar-refractivity contribution in [1.82, 2.24) is 20.6 Å². The maximum absolute atomic E-state index is 13.9. The highest BCUT2D eigenvalue weighted by Gasteiger charge is 2.26. The minimum Gasteiger partial charge on any atom is -0.438 e. The summed E-state index contributed by atoms with van der Waals surface area (Å²) in [7, 11) is 0. The molecule has 0 bridgehead atoms. The van der Waals surface area contributed by atoms with Crippen LogP contribution in [-0.4, -0.2) is 33.9 Å². The summed E-state index contributed by atoms with van der Waals surface area (Å²) in [5.74, 6) is -0.654. The summed E-state index contributed by atoms with van der Waals surface area (Å²) < 4.78 is 20.6. The van der Waals surface area contributed by atoms with E-state index in [9.17, 15) is 14.0 Å².